The molecule has 3 rings (SSSR count). The van der Waals surface area contributed by atoms with Gasteiger partial charge >= 0.3 is 0 Å². The minimum atomic E-state index is 0.563. The molecule has 0 aliphatic heterocycles. The van der Waals surface area contributed by atoms with Gasteiger partial charge in [-0.15, -0.1) is 0 Å². The molecule has 0 saturated heterocycles. The fourth-order valence-corrected chi connectivity index (χ4v) is 2.75. The zero-order valence-electron chi connectivity index (χ0n) is 13.7. The molecule has 24 heavy (non-hydrogen) atoms. The molecule has 1 heterocycles. The van der Waals surface area contributed by atoms with E-state index < -0.39 is 0 Å². The summed E-state index contributed by atoms with van der Waals surface area (Å²) in [5, 5.41) is 13.5. The van der Waals surface area contributed by atoms with Crippen molar-refractivity contribution in [3.05, 3.63) is 70.9 Å². The van der Waals surface area contributed by atoms with Crippen LogP contribution in [0.1, 0.15) is 24.6 Å². The quantitative estimate of drug-likeness (QED) is 0.657. The SMILES string of the molecule is CCCNCc1nn(Cc2ccccc2Cl)nc1-c1ccccc1. The van der Waals surface area contributed by atoms with Crippen molar-refractivity contribution in [2.24, 2.45) is 0 Å². The topological polar surface area (TPSA) is 42.7 Å². The molecule has 0 radical (unpaired) electrons. The molecule has 0 saturated carbocycles. The molecule has 1 aromatic heterocycles. The molecule has 3 aromatic rings. The van der Waals surface area contributed by atoms with Gasteiger partial charge in [-0.3, -0.25) is 0 Å². The van der Waals surface area contributed by atoms with Crippen LogP contribution in [0.25, 0.3) is 11.3 Å². The molecule has 0 amide bonds. The van der Waals surface area contributed by atoms with E-state index in [1.165, 1.54) is 0 Å². The van der Waals surface area contributed by atoms with Crippen molar-refractivity contribution in [2.45, 2.75) is 26.4 Å². The van der Waals surface area contributed by atoms with Crippen molar-refractivity contribution in [3.8, 4) is 11.3 Å². The molecule has 124 valence electrons. The highest BCUT2D eigenvalue weighted by Gasteiger charge is 2.13. The lowest BCUT2D eigenvalue weighted by Gasteiger charge is -2.02. The van der Waals surface area contributed by atoms with Gasteiger partial charge in [0, 0.05) is 17.1 Å². The van der Waals surface area contributed by atoms with Gasteiger partial charge in [0.1, 0.15) is 11.4 Å². The zero-order valence-corrected chi connectivity index (χ0v) is 14.5. The third-order valence-electron chi connectivity index (χ3n) is 3.76. The highest BCUT2D eigenvalue weighted by Crippen LogP contribution is 2.21. The van der Waals surface area contributed by atoms with E-state index in [9.17, 15) is 0 Å². The minimum Gasteiger partial charge on any atom is -0.311 e. The average Bonchev–Trinajstić information content (AvgIpc) is 3.01. The highest BCUT2D eigenvalue weighted by molar-refractivity contribution is 6.31. The first kappa shape index (κ1) is 16.7. The monoisotopic (exact) mass is 340 g/mol. The van der Waals surface area contributed by atoms with Gasteiger partial charge in [-0.05, 0) is 24.6 Å². The summed E-state index contributed by atoms with van der Waals surface area (Å²) in [5.74, 6) is 0. The van der Waals surface area contributed by atoms with Gasteiger partial charge in [0.15, 0.2) is 0 Å². The van der Waals surface area contributed by atoms with Gasteiger partial charge in [0.05, 0.1) is 6.54 Å². The minimum absolute atomic E-state index is 0.563. The fourth-order valence-electron chi connectivity index (χ4n) is 2.55. The summed E-state index contributed by atoms with van der Waals surface area (Å²) in [6.45, 7) is 4.39. The van der Waals surface area contributed by atoms with Crippen LogP contribution in [0.3, 0.4) is 0 Å². The Kier molecular flexibility index (Phi) is 5.62. The maximum absolute atomic E-state index is 6.26. The Balaban J connectivity index is 1.89. The summed E-state index contributed by atoms with van der Waals surface area (Å²) in [4.78, 5) is 1.73. The Morgan fingerprint density at radius 3 is 2.50 bits per heavy atom. The Hall–Kier alpha value is -2.17. The van der Waals surface area contributed by atoms with Gasteiger partial charge in [0.2, 0.25) is 0 Å². The number of hydrogen-bond acceptors (Lipinski definition) is 3. The standard InChI is InChI=1S/C19H21ClN4/c1-2-12-21-13-18-19(15-8-4-3-5-9-15)23-24(22-18)14-16-10-6-7-11-17(16)20/h3-11,21H,2,12-14H2,1H3. The van der Waals surface area contributed by atoms with Crippen LogP contribution in [0.15, 0.2) is 54.6 Å². The highest BCUT2D eigenvalue weighted by atomic mass is 35.5. The molecule has 0 atom stereocenters. The van der Waals surface area contributed by atoms with Crippen molar-refractivity contribution in [1.82, 2.24) is 20.3 Å². The van der Waals surface area contributed by atoms with Crippen molar-refractivity contribution >= 4 is 11.6 Å². The number of nitrogens with one attached hydrogen (secondary N) is 1. The first-order valence-electron chi connectivity index (χ1n) is 8.21. The summed E-state index contributed by atoms with van der Waals surface area (Å²) in [7, 11) is 0. The Bertz CT molecular complexity index is 783. The second-order valence-electron chi connectivity index (χ2n) is 5.66. The zero-order chi connectivity index (χ0) is 16.8. The number of benzene rings is 2. The van der Waals surface area contributed by atoms with E-state index in [4.69, 9.17) is 16.7 Å². The molecule has 0 spiro atoms. The predicted octanol–water partition coefficient (Wildman–Crippen LogP) is 4.15. The molecule has 0 unspecified atom stereocenters. The molecule has 2 aromatic carbocycles. The third-order valence-corrected chi connectivity index (χ3v) is 4.13. The molecular weight excluding hydrogens is 320 g/mol. The van der Waals surface area contributed by atoms with Crippen LogP contribution in [0.2, 0.25) is 5.02 Å². The van der Waals surface area contributed by atoms with Crippen LogP contribution in [-0.4, -0.2) is 21.5 Å². The lowest BCUT2D eigenvalue weighted by atomic mass is 10.1. The van der Waals surface area contributed by atoms with Crippen molar-refractivity contribution in [3.63, 3.8) is 0 Å². The second kappa shape index (κ2) is 8.08. The maximum atomic E-state index is 6.26. The van der Waals surface area contributed by atoms with E-state index in [0.717, 1.165) is 40.5 Å². The van der Waals surface area contributed by atoms with E-state index in [1.54, 1.807) is 4.80 Å². The van der Waals surface area contributed by atoms with Crippen molar-refractivity contribution in [2.75, 3.05) is 6.54 Å². The van der Waals surface area contributed by atoms with Gasteiger partial charge < -0.3 is 5.32 Å². The molecule has 0 aliphatic rings. The van der Waals surface area contributed by atoms with Crippen LogP contribution < -0.4 is 5.32 Å². The molecule has 5 heteroatoms. The summed E-state index contributed by atoms with van der Waals surface area (Å²) in [6, 6.07) is 18.0. The van der Waals surface area contributed by atoms with E-state index in [-0.39, 0.29) is 0 Å². The lowest BCUT2D eigenvalue weighted by Crippen LogP contribution is -2.15. The third kappa shape index (κ3) is 4.02. The number of hydrogen-bond donors (Lipinski definition) is 1. The molecule has 1 N–H and O–H groups in total. The summed E-state index contributed by atoms with van der Waals surface area (Å²) in [5.41, 5.74) is 3.98. The summed E-state index contributed by atoms with van der Waals surface area (Å²) >= 11 is 6.26. The van der Waals surface area contributed by atoms with Crippen LogP contribution in [-0.2, 0) is 13.1 Å². The number of halogens is 1. The molecule has 0 fully saturated rings. The van der Waals surface area contributed by atoms with Gasteiger partial charge in [-0.25, -0.2) is 0 Å². The molecule has 0 bridgehead atoms. The smallest absolute Gasteiger partial charge is 0.117 e. The van der Waals surface area contributed by atoms with E-state index in [1.807, 2.05) is 42.5 Å². The number of aromatic nitrogens is 3. The van der Waals surface area contributed by atoms with Crippen molar-refractivity contribution < 1.29 is 0 Å². The first-order chi connectivity index (χ1) is 11.8. The van der Waals surface area contributed by atoms with Crippen LogP contribution in [0, 0.1) is 0 Å². The van der Waals surface area contributed by atoms with E-state index in [2.05, 4.69) is 29.5 Å². The normalized spacial score (nSPS) is 10.9. The van der Waals surface area contributed by atoms with Gasteiger partial charge in [-0.2, -0.15) is 15.0 Å². The predicted molar refractivity (Wildman–Crippen MR) is 98.0 cm³/mol. The lowest BCUT2D eigenvalue weighted by molar-refractivity contribution is 0.576. The second-order valence-corrected chi connectivity index (χ2v) is 6.07. The maximum Gasteiger partial charge on any atom is 0.117 e. The number of nitrogens with zero attached hydrogens (tertiary/aromatic N) is 3. The summed E-state index contributed by atoms with van der Waals surface area (Å²) in [6.07, 6.45) is 1.09. The fraction of sp³-hybridized carbons (Fsp3) is 0.263. The van der Waals surface area contributed by atoms with Crippen LogP contribution in [0.4, 0.5) is 0 Å². The Labute approximate surface area is 147 Å². The average molecular weight is 341 g/mol. The van der Waals surface area contributed by atoms with E-state index in [0.29, 0.717) is 13.1 Å². The molecule has 0 aliphatic carbocycles. The summed E-state index contributed by atoms with van der Waals surface area (Å²) < 4.78 is 0. The van der Waals surface area contributed by atoms with E-state index >= 15 is 0 Å². The Morgan fingerprint density at radius 1 is 1.00 bits per heavy atom. The van der Waals surface area contributed by atoms with Crippen LogP contribution in [0.5, 0.6) is 0 Å². The largest absolute Gasteiger partial charge is 0.311 e. The first-order valence-corrected chi connectivity index (χ1v) is 8.59. The number of rotatable bonds is 7. The molecule has 4 nitrogen and oxygen atoms in total. The van der Waals surface area contributed by atoms with Crippen molar-refractivity contribution in [1.29, 1.82) is 0 Å². The Morgan fingerprint density at radius 2 is 1.75 bits per heavy atom. The van der Waals surface area contributed by atoms with Gasteiger partial charge in [0.25, 0.3) is 0 Å². The van der Waals surface area contributed by atoms with Gasteiger partial charge in [-0.1, -0.05) is 67.1 Å². The van der Waals surface area contributed by atoms with Crippen LogP contribution >= 0.6 is 11.6 Å². The molecular formula is C19H21ClN4.